The summed E-state index contributed by atoms with van der Waals surface area (Å²) in [5, 5.41) is 6.89. The standard InChI is InChI=1S/C18H20F3N3O.CH2O2/c1-23(11-15-6-4-8-22-10-15)13-17(25)24(2)12-14-5-3-7-16(9-14)18(19,20)21;2-1-3/h3-10H,11-13H2,1-2H3;1H,(H,2,3). The van der Waals surface area contributed by atoms with Crippen LogP contribution < -0.4 is 0 Å². The number of alkyl halides is 3. The molecule has 1 N–H and O–H groups in total. The van der Waals surface area contributed by atoms with Gasteiger partial charge in [0.1, 0.15) is 0 Å². The third-order valence-corrected chi connectivity index (χ3v) is 3.68. The Balaban J connectivity index is 0.00000122. The molecular weight excluding hydrogens is 375 g/mol. The zero-order valence-electron chi connectivity index (χ0n) is 15.6. The van der Waals surface area contributed by atoms with E-state index >= 15 is 0 Å². The fraction of sp³-hybridized carbons (Fsp3) is 0.316. The van der Waals surface area contributed by atoms with Crippen molar-refractivity contribution in [2.75, 3.05) is 20.6 Å². The van der Waals surface area contributed by atoms with E-state index in [1.807, 2.05) is 24.1 Å². The molecule has 2 aromatic rings. The maximum absolute atomic E-state index is 12.8. The molecule has 0 aliphatic heterocycles. The number of likely N-dealkylation sites (N-methyl/N-ethyl adjacent to an activating group) is 2. The van der Waals surface area contributed by atoms with Crippen molar-refractivity contribution in [1.29, 1.82) is 0 Å². The average Bonchev–Trinajstić information content (AvgIpc) is 2.62. The van der Waals surface area contributed by atoms with Gasteiger partial charge < -0.3 is 10.0 Å². The highest BCUT2D eigenvalue weighted by atomic mass is 19.4. The van der Waals surface area contributed by atoms with Gasteiger partial charge in [0.25, 0.3) is 6.47 Å². The Morgan fingerprint density at radius 2 is 1.79 bits per heavy atom. The van der Waals surface area contributed by atoms with Crippen LogP contribution in [0.15, 0.2) is 48.8 Å². The molecule has 1 heterocycles. The molecule has 152 valence electrons. The van der Waals surface area contributed by atoms with Crippen LogP contribution in [0.3, 0.4) is 0 Å². The zero-order valence-corrected chi connectivity index (χ0v) is 15.6. The van der Waals surface area contributed by atoms with Crippen LogP contribution >= 0.6 is 0 Å². The second kappa shape index (κ2) is 11.0. The van der Waals surface area contributed by atoms with E-state index in [9.17, 15) is 18.0 Å². The minimum atomic E-state index is -4.39. The van der Waals surface area contributed by atoms with E-state index in [1.165, 1.54) is 11.0 Å². The third-order valence-electron chi connectivity index (χ3n) is 3.68. The lowest BCUT2D eigenvalue weighted by molar-refractivity contribution is -0.137. The van der Waals surface area contributed by atoms with Crippen molar-refractivity contribution in [2.45, 2.75) is 19.3 Å². The SMILES string of the molecule is CN(CC(=O)N(C)Cc1cccc(C(F)(F)F)c1)Cc1cccnc1.O=CO. The summed E-state index contributed by atoms with van der Waals surface area (Å²) in [6.07, 6.45) is -0.979. The van der Waals surface area contributed by atoms with Crippen molar-refractivity contribution in [2.24, 2.45) is 0 Å². The second-order valence-corrected chi connectivity index (χ2v) is 6.09. The number of nitrogens with zero attached hydrogens (tertiary/aromatic N) is 3. The number of carbonyl (C=O) groups excluding carboxylic acids is 1. The van der Waals surface area contributed by atoms with Crippen LogP contribution in [0.5, 0.6) is 0 Å². The molecule has 0 bridgehead atoms. The summed E-state index contributed by atoms with van der Waals surface area (Å²) in [6, 6.07) is 8.77. The topological polar surface area (TPSA) is 73.7 Å². The van der Waals surface area contributed by atoms with E-state index in [-0.39, 0.29) is 25.5 Å². The lowest BCUT2D eigenvalue weighted by atomic mass is 10.1. The molecule has 0 aliphatic rings. The number of rotatable bonds is 6. The number of carboxylic acid groups (broad SMARTS) is 1. The smallest absolute Gasteiger partial charge is 0.416 e. The summed E-state index contributed by atoms with van der Waals surface area (Å²) in [5.41, 5.74) is 0.721. The first-order chi connectivity index (χ1) is 13.2. The van der Waals surface area contributed by atoms with Gasteiger partial charge in [0.2, 0.25) is 5.91 Å². The highest BCUT2D eigenvalue weighted by Crippen LogP contribution is 2.29. The lowest BCUT2D eigenvalue weighted by Gasteiger charge is -2.22. The lowest BCUT2D eigenvalue weighted by Crippen LogP contribution is -2.36. The Kier molecular flexibility index (Phi) is 9.10. The molecule has 0 saturated heterocycles. The Bertz CT molecular complexity index is 755. The number of amides is 1. The molecule has 0 unspecified atom stereocenters. The molecule has 0 aliphatic carbocycles. The largest absolute Gasteiger partial charge is 0.483 e. The normalized spacial score (nSPS) is 10.8. The van der Waals surface area contributed by atoms with Crippen LogP contribution in [0.2, 0.25) is 0 Å². The summed E-state index contributed by atoms with van der Waals surface area (Å²) in [4.78, 5) is 27.9. The highest BCUT2D eigenvalue weighted by molar-refractivity contribution is 5.77. The van der Waals surface area contributed by atoms with Crippen LogP contribution in [0.4, 0.5) is 13.2 Å². The molecule has 2 rings (SSSR count). The first-order valence-electron chi connectivity index (χ1n) is 8.22. The van der Waals surface area contributed by atoms with E-state index < -0.39 is 11.7 Å². The van der Waals surface area contributed by atoms with Crippen molar-refractivity contribution in [1.82, 2.24) is 14.8 Å². The summed E-state index contributed by atoms with van der Waals surface area (Å²) in [5.74, 6) is -0.163. The van der Waals surface area contributed by atoms with Crippen LogP contribution in [-0.2, 0) is 28.9 Å². The molecule has 1 aromatic heterocycles. The molecule has 1 amide bonds. The van der Waals surface area contributed by atoms with Gasteiger partial charge in [-0.05, 0) is 36.4 Å². The molecule has 9 heteroatoms. The minimum absolute atomic E-state index is 0.128. The number of hydrogen-bond acceptors (Lipinski definition) is 4. The predicted molar refractivity (Wildman–Crippen MR) is 97.2 cm³/mol. The van der Waals surface area contributed by atoms with E-state index in [0.717, 1.165) is 17.7 Å². The number of halogens is 3. The van der Waals surface area contributed by atoms with Gasteiger partial charge in [-0.15, -0.1) is 0 Å². The number of benzene rings is 1. The zero-order chi connectivity index (χ0) is 21.2. The van der Waals surface area contributed by atoms with E-state index in [4.69, 9.17) is 9.90 Å². The maximum Gasteiger partial charge on any atom is 0.416 e. The van der Waals surface area contributed by atoms with Crippen LogP contribution in [0, 0.1) is 0 Å². The summed E-state index contributed by atoms with van der Waals surface area (Å²) >= 11 is 0. The van der Waals surface area contributed by atoms with Gasteiger partial charge in [-0.3, -0.25) is 19.5 Å². The Hall–Kier alpha value is -2.94. The van der Waals surface area contributed by atoms with E-state index in [0.29, 0.717) is 12.1 Å². The molecule has 0 saturated carbocycles. The van der Waals surface area contributed by atoms with E-state index in [1.54, 1.807) is 25.5 Å². The maximum atomic E-state index is 12.8. The summed E-state index contributed by atoms with van der Waals surface area (Å²) in [7, 11) is 3.39. The minimum Gasteiger partial charge on any atom is -0.483 e. The Morgan fingerprint density at radius 1 is 1.14 bits per heavy atom. The monoisotopic (exact) mass is 397 g/mol. The number of aromatic nitrogens is 1. The second-order valence-electron chi connectivity index (χ2n) is 6.09. The van der Waals surface area contributed by atoms with Crippen molar-refractivity contribution < 1.29 is 27.9 Å². The molecule has 0 fully saturated rings. The molecular formula is C19H22F3N3O3. The average molecular weight is 397 g/mol. The van der Waals surface area contributed by atoms with Gasteiger partial charge in [0.15, 0.2) is 0 Å². The molecule has 6 nitrogen and oxygen atoms in total. The number of hydrogen-bond donors (Lipinski definition) is 1. The van der Waals surface area contributed by atoms with Gasteiger partial charge in [0, 0.05) is 32.5 Å². The Labute approximate surface area is 161 Å². The fourth-order valence-electron chi connectivity index (χ4n) is 2.42. The number of pyridine rings is 1. The van der Waals surface area contributed by atoms with Gasteiger partial charge in [0.05, 0.1) is 12.1 Å². The van der Waals surface area contributed by atoms with Crippen LogP contribution in [0.1, 0.15) is 16.7 Å². The van der Waals surface area contributed by atoms with Crippen molar-refractivity contribution >= 4 is 12.4 Å². The molecule has 0 atom stereocenters. The molecule has 1 aromatic carbocycles. The molecule has 28 heavy (non-hydrogen) atoms. The predicted octanol–water partition coefficient (Wildman–Crippen LogP) is 2.89. The first-order valence-corrected chi connectivity index (χ1v) is 8.22. The number of carbonyl (C=O) groups is 2. The van der Waals surface area contributed by atoms with E-state index in [2.05, 4.69) is 4.98 Å². The highest BCUT2D eigenvalue weighted by Gasteiger charge is 2.30. The molecule has 0 radical (unpaired) electrons. The van der Waals surface area contributed by atoms with Gasteiger partial charge in [-0.2, -0.15) is 13.2 Å². The van der Waals surface area contributed by atoms with Crippen LogP contribution in [0.25, 0.3) is 0 Å². The quantitative estimate of drug-likeness (QED) is 0.759. The Morgan fingerprint density at radius 3 is 2.36 bits per heavy atom. The van der Waals surface area contributed by atoms with Crippen LogP contribution in [-0.4, -0.2) is 52.9 Å². The fourth-order valence-corrected chi connectivity index (χ4v) is 2.42. The van der Waals surface area contributed by atoms with Gasteiger partial charge in [-0.1, -0.05) is 18.2 Å². The van der Waals surface area contributed by atoms with Crippen molar-refractivity contribution in [3.05, 3.63) is 65.5 Å². The third kappa shape index (κ3) is 8.17. The molecule has 0 spiro atoms. The first kappa shape index (κ1) is 23.1. The van der Waals surface area contributed by atoms with Crippen molar-refractivity contribution in [3.63, 3.8) is 0 Å². The summed E-state index contributed by atoms with van der Waals surface area (Å²) in [6.45, 7) is 0.616. The summed E-state index contributed by atoms with van der Waals surface area (Å²) < 4.78 is 38.3. The van der Waals surface area contributed by atoms with Crippen molar-refractivity contribution in [3.8, 4) is 0 Å². The van der Waals surface area contributed by atoms with Gasteiger partial charge in [-0.25, -0.2) is 0 Å². The van der Waals surface area contributed by atoms with Gasteiger partial charge >= 0.3 is 6.18 Å².